The first-order valence-corrected chi connectivity index (χ1v) is 9.84. The topological polar surface area (TPSA) is 190 Å². The van der Waals surface area contributed by atoms with Crippen LogP contribution in [0.2, 0.25) is 0 Å². The van der Waals surface area contributed by atoms with Gasteiger partial charge in [0, 0.05) is 5.75 Å². The van der Waals surface area contributed by atoms with Gasteiger partial charge in [0.2, 0.25) is 0 Å². The van der Waals surface area contributed by atoms with Gasteiger partial charge in [-0.2, -0.15) is 0 Å². The van der Waals surface area contributed by atoms with Crippen LogP contribution in [0, 0.1) is 0 Å². The van der Waals surface area contributed by atoms with Crippen molar-refractivity contribution < 1.29 is 29.7 Å². The fraction of sp³-hybridized carbons (Fsp3) is 0.400. The zero-order valence-corrected chi connectivity index (χ0v) is 15.3. The minimum absolute atomic E-state index is 0.0245. The Balaban J connectivity index is 2.77. The van der Waals surface area contributed by atoms with E-state index in [4.69, 9.17) is 27.4 Å². The summed E-state index contributed by atoms with van der Waals surface area (Å²) >= 11 is 0. The molecule has 0 aliphatic carbocycles. The van der Waals surface area contributed by atoms with Gasteiger partial charge >= 0.3 is 11.9 Å². The highest BCUT2D eigenvalue weighted by molar-refractivity contribution is 8.77. The minimum atomic E-state index is -1.49. The third kappa shape index (κ3) is 6.84. The molecule has 1 aromatic carbocycles. The Morgan fingerprint density at radius 3 is 2.04 bits per heavy atom. The predicted molar refractivity (Wildman–Crippen MR) is 99.9 cm³/mol. The van der Waals surface area contributed by atoms with E-state index in [1.165, 1.54) is 12.1 Å². The molecule has 0 saturated heterocycles. The number of hydrogen-bond donors (Lipinski definition) is 6. The van der Waals surface area contributed by atoms with Crippen molar-refractivity contribution in [3.63, 3.8) is 0 Å². The van der Waals surface area contributed by atoms with Gasteiger partial charge in [-0.25, -0.2) is 0 Å². The number of Topliss-reactive ketones (excluding diaryl/α,β-unsaturated/α-hetero) is 1. The zero-order valence-electron chi connectivity index (χ0n) is 13.6. The van der Waals surface area contributed by atoms with E-state index < -0.39 is 41.1 Å². The largest absolute Gasteiger partial charge is 0.508 e. The number of carbonyl (C=O) groups is 3. The van der Waals surface area contributed by atoms with Gasteiger partial charge < -0.3 is 32.5 Å². The van der Waals surface area contributed by atoms with E-state index in [2.05, 4.69) is 0 Å². The van der Waals surface area contributed by atoms with E-state index in [1.807, 2.05) is 0 Å². The molecule has 9 nitrogen and oxygen atoms in total. The van der Waals surface area contributed by atoms with Gasteiger partial charge in [-0.1, -0.05) is 33.7 Å². The van der Waals surface area contributed by atoms with Crippen molar-refractivity contribution in [1.82, 2.24) is 0 Å². The van der Waals surface area contributed by atoms with Crippen molar-refractivity contribution in [2.45, 2.75) is 29.8 Å². The van der Waals surface area contributed by atoms with E-state index in [1.54, 1.807) is 12.1 Å². The standard InChI is InChI=1S/C15H21N3O6S2/c16-9(5-7-1-3-8(19)4-2-7)12(20)13(11(18)15(23)24)26-25-6-10(17)14(21)22/h1-4,9-11,13,19H,5-6,16-18H2,(H,21,22)(H,23,24)/t9-,10-,11-,13?/m0/s1. The first kappa shape index (κ1) is 22.3. The number of ketones is 1. The molecule has 0 heterocycles. The molecule has 0 spiro atoms. The summed E-state index contributed by atoms with van der Waals surface area (Å²) in [5.74, 6) is -3.08. The highest BCUT2D eigenvalue weighted by Gasteiger charge is 2.34. The SMILES string of the molecule is N[C@H](C(=O)O)C(SSC[C@H](N)C(=O)O)C(=O)[C@@H](N)Cc1ccc(O)cc1. The van der Waals surface area contributed by atoms with Crippen LogP contribution in [0.4, 0.5) is 0 Å². The molecule has 1 unspecified atom stereocenters. The van der Waals surface area contributed by atoms with Gasteiger partial charge in [0.05, 0.1) is 6.04 Å². The van der Waals surface area contributed by atoms with Gasteiger partial charge in [0.15, 0.2) is 5.78 Å². The number of aliphatic carboxylic acids is 2. The maximum atomic E-state index is 12.6. The number of nitrogens with two attached hydrogens (primary N) is 3. The second kappa shape index (κ2) is 10.4. The van der Waals surface area contributed by atoms with Crippen LogP contribution in [0.5, 0.6) is 5.75 Å². The highest BCUT2D eigenvalue weighted by atomic mass is 33.1. The predicted octanol–water partition coefficient (Wildman–Crippen LogP) is -0.595. The average molecular weight is 403 g/mol. The summed E-state index contributed by atoms with van der Waals surface area (Å²) in [5.41, 5.74) is 17.6. The van der Waals surface area contributed by atoms with Crippen molar-refractivity contribution in [1.29, 1.82) is 0 Å². The van der Waals surface area contributed by atoms with Crippen molar-refractivity contribution >= 4 is 39.3 Å². The molecule has 0 fully saturated rings. The molecule has 1 rings (SSSR count). The fourth-order valence-electron chi connectivity index (χ4n) is 1.87. The molecule has 144 valence electrons. The Labute approximate surface area is 157 Å². The van der Waals surface area contributed by atoms with Crippen LogP contribution in [0.1, 0.15) is 5.56 Å². The van der Waals surface area contributed by atoms with E-state index in [0.717, 1.165) is 21.6 Å². The number of carboxylic acid groups (broad SMARTS) is 2. The summed E-state index contributed by atoms with van der Waals surface area (Å²) in [6, 6.07) is 2.46. The molecule has 0 radical (unpaired) electrons. The normalized spacial score (nSPS) is 15.7. The number of phenolic OH excluding ortho intramolecular Hbond substituents is 1. The maximum absolute atomic E-state index is 12.6. The zero-order chi connectivity index (χ0) is 19.9. The first-order valence-electron chi connectivity index (χ1n) is 7.45. The smallest absolute Gasteiger partial charge is 0.322 e. The lowest BCUT2D eigenvalue weighted by Crippen LogP contribution is -2.50. The van der Waals surface area contributed by atoms with E-state index in [9.17, 15) is 19.5 Å². The van der Waals surface area contributed by atoms with Gasteiger partial charge in [0.1, 0.15) is 23.1 Å². The quantitative estimate of drug-likeness (QED) is 0.259. The van der Waals surface area contributed by atoms with Crippen LogP contribution in [0.3, 0.4) is 0 Å². The summed E-state index contributed by atoms with van der Waals surface area (Å²) in [4.78, 5) is 34.5. The Morgan fingerprint density at radius 1 is 0.962 bits per heavy atom. The van der Waals surface area contributed by atoms with Gasteiger partial charge in [-0.05, 0) is 24.1 Å². The van der Waals surface area contributed by atoms with Crippen LogP contribution in [0.15, 0.2) is 24.3 Å². The second-order valence-electron chi connectivity index (χ2n) is 5.49. The molecular formula is C15H21N3O6S2. The van der Waals surface area contributed by atoms with Crippen molar-refractivity contribution in [3.05, 3.63) is 29.8 Å². The second-order valence-corrected chi connectivity index (χ2v) is 8.04. The highest BCUT2D eigenvalue weighted by Crippen LogP contribution is 2.30. The lowest BCUT2D eigenvalue weighted by atomic mass is 9.98. The summed E-state index contributed by atoms with van der Waals surface area (Å²) in [5, 5.41) is 26.0. The number of carbonyl (C=O) groups excluding carboxylic acids is 1. The van der Waals surface area contributed by atoms with Crippen LogP contribution in [-0.4, -0.2) is 62.2 Å². The van der Waals surface area contributed by atoms with Crippen molar-refractivity contribution in [2.24, 2.45) is 17.2 Å². The van der Waals surface area contributed by atoms with Crippen LogP contribution < -0.4 is 17.2 Å². The molecular weight excluding hydrogens is 382 g/mol. The molecule has 0 aromatic heterocycles. The fourth-order valence-corrected chi connectivity index (χ4v) is 4.65. The first-order chi connectivity index (χ1) is 12.1. The minimum Gasteiger partial charge on any atom is -0.508 e. The Morgan fingerprint density at radius 2 is 1.54 bits per heavy atom. The van der Waals surface area contributed by atoms with Gasteiger partial charge in [0.25, 0.3) is 0 Å². The van der Waals surface area contributed by atoms with Crippen LogP contribution in [-0.2, 0) is 20.8 Å². The number of hydrogen-bond acceptors (Lipinski definition) is 9. The molecule has 4 atom stereocenters. The lowest BCUT2D eigenvalue weighted by Gasteiger charge is -2.22. The third-order valence-corrected chi connectivity index (χ3v) is 6.19. The van der Waals surface area contributed by atoms with E-state index in [0.29, 0.717) is 5.56 Å². The van der Waals surface area contributed by atoms with Crippen molar-refractivity contribution in [3.8, 4) is 5.75 Å². The number of phenols is 1. The summed E-state index contributed by atoms with van der Waals surface area (Å²) < 4.78 is 0. The molecule has 9 N–H and O–H groups in total. The molecule has 0 amide bonds. The van der Waals surface area contributed by atoms with Crippen LogP contribution in [0.25, 0.3) is 0 Å². The number of rotatable bonds is 11. The number of aromatic hydroxyl groups is 1. The van der Waals surface area contributed by atoms with Crippen molar-refractivity contribution in [2.75, 3.05) is 5.75 Å². The molecule has 0 saturated carbocycles. The maximum Gasteiger partial charge on any atom is 0.322 e. The monoisotopic (exact) mass is 403 g/mol. The molecule has 0 aliphatic rings. The Bertz CT molecular complexity index is 643. The Kier molecular flexibility index (Phi) is 8.88. The average Bonchev–Trinajstić information content (AvgIpc) is 2.59. The molecule has 0 bridgehead atoms. The molecule has 1 aromatic rings. The molecule has 0 aliphatic heterocycles. The van der Waals surface area contributed by atoms with E-state index in [-0.39, 0.29) is 17.9 Å². The molecule has 11 heteroatoms. The van der Waals surface area contributed by atoms with Gasteiger partial charge in [-0.15, -0.1) is 0 Å². The summed E-state index contributed by atoms with van der Waals surface area (Å²) in [6.45, 7) is 0. The Hall–Kier alpha value is -1.79. The summed E-state index contributed by atoms with van der Waals surface area (Å²) in [7, 11) is 1.81. The van der Waals surface area contributed by atoms with E-state index >= 15 is 0 Å². The number of carboxylic acids is 2. The third-order valence-electron chi connectivity index (χ3n) is 3.39. The van der Waals surface area contributed by atoms with Crippen LogP contribution >= 0.6 is 21.6 Å². The lowest BCUT2D eigenvalue weighted by molar-refractivity contribution is -0.140. The summed E-state index contributed by atoms with van der Waals surface area (Å²) in [6.07, 6.45) is 0.141. The molecule has 26 heavy (non-hydrogen) atoms. The van der Waals surface area contributed by atoms with Gasteiger partial charge in [-0.3, -0.25) is 14.4 Å². The number of benzene rings is 1.